The smallest absolute Gasteiger partial charge is 0.134 e. The highest BCUT2D eigenvalue weighted by Crippen LogP contribution is 2.23. The van der Waals surface area contributed by atoms with Crippen LogP contribution in [-0.4, -0.2) is 31.5 Å². The second kappa shape index (κ2) is 8.07. The van der Waals surface area contributed by atoms with Crippen LogP contribution in [0.2, 0.25) is 5.02 Å². The van der Waals surface area contributed by atoms with E-state index in [0.29, 0.717) is 24.8 Å². The van der Waals surface area contributed by atoms with Crippen molar-refractivity contribution in [3.05, 3.63) is 47.2 Å². The van der Waals surface area contributed by atoms with Gasteiger partial charge in [-0.3, -0.25) is 0 Å². The van der Waals surface area contributed by atoms with Gasteiger partial charge >= 0.3 is 0 Å². The Morgan fingerprint density at radius 1 is 1.10 bits per heavy atom. The van der Waals surface area contributed by atoms with Gasteiger partial charge in [0.1, 0.15) is 11.5 Å². The molecule has 1 heterocycles. The van der Waals surface area contributed by atoms with Crippen molar-refractivity contribution in [1.29, 1.82) is 0 Å². The second-order valence-electron chi connectivity index (χ2n) is 4.29. The van der Waals surface area contributed by atoms with Crippen molar-refractivity contribution in [3.8, 4) is 11.3 Å². The largest absolute Gasteiger partial charge is 0.460 e. The molecular weight excluding hydrogens is 278 g/mol. The number of benzene rings is 1. The van der Waals surface area contributed by atoms with Gasteiger partial charge in [-0.2, -0.15) is 0 Å². The van der Waals surface area contributed by atoms with Crippen molar-refractivity contribution in [1.82, 2.24) is 5.32 Å². The number of ether oxygens (including phenoxy) is 1. The molecule has 0 saturated heterocycles. The monoisotopic (exact) mass is 295 g/mol. The summed E-state index contributed by atoms with van der Waals surface area (Å²) in [6.07, 6.45) is 0. The maximum Gasteiger partial charge on any atom is 0.134 e. The summed E-state index contributed by atoms with van der Waals surface area (Å²) in [5.74, 6) is 1.70. The lowest BCUT2D eigenvalue weighted by atomic mass is 10.2. The highest BCUT2D eigenvalue weighted by atomic mass is 35.5. The number of furan rings is 1. The van der Waals surface area contributed by atoms with Crippen molar-refractivity contribution < 1.29 is 14.3 Å². The molecule has 0 aliphatic rings. The molecule has 1 aromatic heterocycles. The summed E-state index contributed by atoms with van der Waals surface area (Å²) < 4.78 is 10.9. The van der Waals surface area contributed by atoms with Gasteiger partial charge in [0.05, 0.1) is 26.4 Å². The van der Waals surface area contributed by atoms with Gasteiger partial charge in [-0.05, 0) is 36.4 Å². The summed E-state index contributed by atoms with van der Waals surface area (Å²) in [5, 5.41) is 12.5. The van der Waals surface area contributed by atoms with Crippen molar-refractivity contribution in [3.63, 3.8) is 0 Å². The standard InChI is InChI=1S/C15H18ClNO3/c16-13-3-1-12(2-4-13)15-6-5-14(20-15)11-17-7-9-19-10-8-18/h1-6,17-18H,7-11H2. The Hall–Kier alpha value is -1.33. The number of hydrogen-bond acceptors (Lipinski definition) is 4. The highest BCUT2D eigenvalue weighted by molar-refractivity contribution is 6.30. The van der Waals surface area contributed by atoms with Gasteiger partial charge in [0.2, 0.25) is 0 Å². The maximum atomic E-state index is 8.56. The zero-order valence-electron chi connectivity index (χ0n) is 11.1. The van der Waals surface area contributed by atoms with Gasteiger partial charge in [-0.1, -0.05) is 11.6 Å². The van der Waals surface area contributed by atoms with Crippen LogP contribution in [0.1, 0.15) is 5.76 Å². The second-order valence-corrected chi connectivity index (χ2v) is 4.72. The number of aliphatic hydroxyl groups excluding tert-OH is 1. The molecule has 0 radical (unpaired) electrons. The molecule has 2 rings (SSSR count). The van der Waals surface area contributed by atoms with E-state index in [1.807, 2.05) is 36.4 Å². The van der Waals surface area contributed by atoms with E-state index in [1.54, 1.807) is 0 Å². The normalized spacial score (nSPS) is 10.9. The summed E-state index contributed by atoms with van der Waals surface area (Å²) in [7, 11) is 0. The van der Waals surface area contributed by atoms with Gasteiger partial charge in [0.25, 0.3) is 0 Å². The molecule has 1 aromatic carbocycles. The number of nitrogens with one attached hydrogen (secondary N) is 1. The van der Waals surface area contributed by atoms with Crippen LogP contribution in [0.4, 0.5) is 0 Å². The average Bonchev–Trinajstić information content (AvgIpc) is 2.92. The Bertz CT molecular complexity index is 510. The van der Waals surface area contributed by atoms with E-state index in [-0.39, 0.29) is 6.61 Å². The van der Waals surface area contributed by atoms with E-state index in [1.165, 1.54) is 0 Å². The van der Waals surface area contributed by atoms with Crippen LogP contribution in [0.5, 0.6) is 0 Å². The lowest BCUT2D eigenvalue weighted by Gasteiger charge is -2.03. The molecule has 0 unspecified atom stereocenters. The molecule has 0 amide bonds. The summed E-state index contributed by atoms with van der Waals surface area (Å²) in [4.78, 5) is 0. The molecule has 20 heavy (non-hydrogen) atoms. The van der Waals surface area contributed by atoms with Crippen LogP contribution in [0.15, 0.2) is 40.8 Å². The van der Waals surface area contributed by atoms with E-state index < -0.39 is 0 Å². The molecule has 5 heteroatoms. The van der Waals surface area contributed by atoms with E-state index in [4.69, 9.17) is 25.9 Å². The van der Waals surface area contributed by atoms with E-state index in [2.05, 4.69) is 5.32 Å². The summed E-state index contributed by atoms with van der Waals surface area (Å²) in [6.45, 7) is 2.38. The predicted octanol–water partition coefficient (Wildman–Crippen LogP) is 2.70. The number of aliphatic hydroxyl groups is 1. The molecule has 108 valence electrons. The third kappa shape index (κ3) is 4.65. The predicted molar refractivity (Wildman–Crippen MR) is 78.8 cm³/mol. The van der Waals surface area contributed by atoms with E-state index in [0.717, 1.165) is 23.6 Å². The SMILES string of the molecule is OCCOCCNCc1ccc(-c2ccc(Cl)cc2)o1. The van der Waals surface area contributed by atoms with Crippen LogP contribution in [0.3, 0.4) is 0 Å². The third-order valence-corrected chi connectivity index (χ3v) is 3.00. The van der Waals surface area contributed by atoms with Crippen LogP contribution < -0.4 is 5.32 Å². The minimum Gasteiger partial charge on any atom is -0.460 e. The fourth-order valence-corrected chi connectivity index (χ4v) is 1.89. The van der Waals surface area contributed by atoms with E-state index >= 15 is 0 Å². The molecule has 0 aliphatic heterocycles. The first-order valence-electron chi connectivity index (χ1n) is 6.53. The summed E-state index contributed by atoms with van der Waals surface area (Å²) in [6, 6.07) is 11.4. The van der Waals surface area contributed by atoms with E-state index in [9.17, 15) is 0 Å². The Morgan fingerprint density at radius 3 is 2.65 bits per heavy atom. The molecule has 2 N–H and O–H groups in total. The molecular formula is C15H18ClNO3. The quantitative estimate of drug-likeness (QED) is 0.735. The molecule has 0 saturated carbocycles. The minimum atomic E-state index is 0.0582. The molecule has 0 fully saturated rings. The fraction of sp³-hybridized carbons (Fsp3) is 0.333. The van der Waals surface area contributed by atoms with Crippen LogP contribution in [0.25, 0.3) is 11.3 Å². The Morgan fingerprint density at radius 2 is 1.90 bits per heavy atom. The van der Waals surface area contributed by atoms with Gasteiger partial charge in [0.15, 0.2) is 0 Å². The highest BCUT2D eigenvalue weighted by Gasteiger charge is 2.04. The average molecular weight is 296 g/mol. The van der Waals surface area contributed by atoms with Gasteiger partial charge in [-0.15, -0.1) is 0 Å². The third-order valence-electron chi connectivity index (χ3n) is 2.75. The van der Waals surface area contributed by atoms with Crippen molar-refractivity contribution in [2.45, 2.75) is 6.54 Å². The number of halogens is 1. The fourth-order valence-electron chi connectivity index (χ4n) is 1.76. The van der Waals surface area contributed by atoms with Crippen molar-refractivity contribution >= 4 is 11.6 Å². The Balaban J connectivity index is 1.79. The van der Waals surface area contributed by atoms with Crippen LogP contribution in [0, 0.1) is 0 Å². The van der Waals surface area contributed by atoms with Crippen molar-refractivity contribution in [2.24, 2.45) is 0 Å². The first kappa shape index (κ1) is 15.1. The van der Waals surface area contributed by atoms with Gasteiger partial charge in [-0.25, -0.2) is 0 Å². The molecule has 2 aromatic rings. The molecule has 0 spiro atoms. The van der Waals surface area contributed by atoms with Crippen molar-refractivity contribution in [2.75, 3.05) is 26.4 Å². The zero-order chi connectivity index (χ0) is 14.2. The topological polar surface area (TPSA) is 54.6 Å². The van der Waals surface area contributed by atoms with Crippen LogP contribution in [-0.2, 0) is 11.3 Å². The first-order valence-corrected chi connectivity index (χ1v) is 6.91. The lowest BCUT2D eigenvalue weighted by Crippen LogP contribution is -2.19. The zero-order valence-corrected chi connectivity index (χ0v) is 11.9. The lowest BCUT2D eigenvalue weighted by molar-refractivity contribution is 0.0936. The number of rotatable bonds is 8. The Labute approximate surface area is 123 Å². The molecule has 0 atom stereocenters. The van der Waals surface area contributed by atoms with Crippen LogP contribution >= 0.6 is 11.6 Å². The summed E-state index contributed by atoms with van der Waals surface area (Å²) >= 11 is 5.86. The molecule has 0 aliphatic carbocycles. The molecule has 0 bridgehead atoms. The van der Waals surface area contributed by atoms with Gasteiger partial charge < -0.3 is 19.6 Å². The maximum absolute atomic E-state index is 8.56. The van der Waals surface area contributed by atoms with Gasteiger partial charge in [0, 0.05) is 17.1 Å². The minimum absolute atomic E-state index is 0.0582. The number of hydrogen-bond donors (Lipinski definition) is 2. The first-order chi connectivity index (χ1) is 9.79. The molecule has 4 nitrogen and oxygen atoms in total. The Kier molecular flexibility index (Phi) is 6.08. The summed E-state index contributed by atoms with van der Waals surface area (Å²) in [5.41, 5.74) is 1.01.